The van der Waals surface area contributed by atoms with Gasteiger partial charge in [-0.15, -0.1) is 0 Å². The number of Topliss-reactive ketones (excluding diaryl/α,β-unsaturated/α-hetero) is 1. The number of carbonyl (C=O) groups excluding carboxylic acids is 8. The molecule has 0 radical (unpaired) electrons. The van der Waals surface area contributed by atoms with E-state index in [1.165, 1.54) is 96.3 Å². The number of amidine groups is 1. The molecule has 1 unspecified atom stereocenters. The van der Waals surface area contributed by atoms with Gasteiger partial charge in [-0.3, -0.25) is 29.3 Å². The SMILES string of the molecule is CCCCCCCC/C=C\CCCCCCCC(=O)OC[C@@H](COC(=O)CCC(=O)NCCC)OC(=O)CCCCCCC/C=C\CCCCCCCC.CSSCCCC(=O)C(CCCCC(=NC(=O)OC(C)(C)C)NC(=O)OC(C)(C)C)NC(=O)OC(C)(C)C. The van der Waals surface area contributed by atoms with Crippen LogP contribution in [0.25, 0.3) is 0 Å². The summed E-state index contributed by atoms with van der Waals surface area (Å²) < 4.78 is 32.2. The number of unbranched alkanes of at least 4 members (excludes halogenated alkanes) is 23. The zero-order valence-corrected chi connectivity index (χ0v) is 61.6. The van der Waals surface area contributed by atoms with Crippen LogP contribution in [0.15, 0.2) is 29.3 Å². The van der Waals surface area contributed by atoms with Crippen LogP contribution >= 0.6 is 21.6 Å². The van der Waals surface area contributed by atoms with Crippen molar-refractivity contribution < 1.29 is 66.8 Å². The lowest BCUT2D eigenvalue weighted by atomic mass is 10.0. The summed E-state index contributed by atoms with van der Waals surface area (Å²) in [6.07, 6.45) is 43.0. The number of ketones is 1. The first kappa shape index (κ1) is 89.5. The molecule has 0 aliphatic rings. The summed E-state index contributed by atoms with van der Waals surface area (Å²) in [4.78, 5) is 103. The Morgan fingerprint density at radius 3 is 1.36 bits per heavy atom. The van der Waals surface area contributed by atoms with Crippen LogP contribution in [0.4, 0.5) is 14.4 Å². The van der Waals surface area contributed by atoms with Crippen molar-refractivity contribution in [2.75, 3.05) is 31.8 Å². The van der Waals surface area contributed by atoms with E-state index in [4.69, 9.17) is 28.4 Å². The fraction of sp³-hybridized carbons (Fsp3) is 0.819. The predicted octanol–water partition coefficient (Wildman–Crippen LogP) is 19.0. The highest BCUT2D eigenvalue weighted by atomic mass is 33.1. The molecule has 534 valence electrons. The van der Waals surface area contributed by atoms with Gasteiger partial charge in [-0.2, -0.15) is 4.99 Å². The lowest BCUT2D eigenvalue weighted by Gasteiger charge is -2.23. The molecule has 92 heavy (non-hydrogen) atoms. The van der Waals surface area contributed by atoms with Gasteiger partial charge < -0.3 is 39.1 Å². The molecule has 0 spiro atoms. The van der Waals surface area contributed by atoms with E-state index in [9.17, 15) is 38.4 Å². The van der Waals surface area contributed by atoms with Gasteiger partial charge in [-0.25, -0.2) is 14.4 Å². The van der Waals surface area contributed by atoms with Crippen molar-refractivity contribution in [3.05, 3.63) is 24.3 Å². The predicted molar refractivity (Wildman–Crippen MR) is 378 cm³/mol. The van der Waals surface area contributed by atoms with Crippen molar-refractivity contribution in [2.24, 2.45) is 4.99 Å². The molecular formula is C72H130N4O14S2. The molecule has 0 heterocycles. The summed E-state index contributed by atoms with van der Waals surface area (Å²) in [6, 6.07) is -0.700. The largest absolute Gasteiger partial charge is 0.462 e. The van der Waals surface area contributed by atoms with Crippen LogP contribution in [0.1, 0.15) is 321 Å². The van der Waals surface area contributed by atoms with E-state index in [0.717, 1.165) is 82.8 Å². The van der Waals surface area contributed by atoms with Crippen LogP contribution < -0.4 is 16.0 Å². The summed E-state index contributed by atoms with van der Waals surface area (Å²) >= 11 is 0. The second-order valence-electron chi connectivity index (χ2n) is 26.7. The Kier molecular flexibility index (Phi) is 57.3. The van der Waals surface area contributed by atoms with E-state index in [1.54, 1.807) is 83.9 Å². The maximum absolute atomic E-state index is 12.8. The summed E-state index contributed by atoms with van der Waals surface area (Å²) in [7, 11) is 3.33. The lowest BCUT2D eigenvalue weighted by Crippen LogP contribution is -2.43. The molecule has 3 N–H and O–H groups in total. The van der Waals surface area contributed by atoms with Gasteiger partial charge in [-0.1, -0.05) is 176 Å². The topological polar surface area (TPSA) is 240 Å². The Hall–Kier alpha value is -4.59. The standard InChI is InChI=1S/C46H83NO7.C26H47N3O7S2/c1-4-7-9-11-13-15-17-19-21-23-25-27-29-31-33-35-44(49)52-40-42(41-53-45(50)38-37-43(48)47-39-6-3)54-46(51)36-34-32-30-28-26-24-22-20-18-16-14-12-10-8-5-2;1-24(2,3)34-21(31)27-18(19(30)15-13-17-38-37-10)14-11-12-16-20(28-22(32)35-25(4,5)6)29-23(33)36-26(7,8)9/h19-22,42H,4-18,23-41H2,1-3H3,(H,47,48);18H,11-17H2,1-10H3,(H,27,31)(H,28,29,32,33)/b21-19-,22-20-;/t42-;/m0./s1. The average Bonchev–Trinajstić information content (AvgIpc) is 1.75. The number of amides is 4. The Balaban J connectivity index is 0. The summed E-state index contributed by atoms with van der Waals surface area (Å²) in [6.45, 7) is 22.3. The smallest absolute Gasteiger partial charge is 0.435 e. The third-order valence-corrected chi connectivity index (χ3v) is 15.7. The molecule has 20 heteroatoms. The number of carbonyl (C=O) groups is 8. The second kappa shape index (κ2) is 58.9. The lowest BCUT2D eigenvalue weighted by molar-refractivity contribution is -0.167. The molecule has 0 aromatic rings. The Morgan fingerprint density at radius 1 is 0.457 bits per heavy atom. The number of ether oxygens (including phenoxy) is 6. The summed E-state index contributed by atoms with van der Waals surface area (Å²) in [5.41, 5.74) is -2.16. The molecule has 4 amide bonds. The number of aliphatic imine (C=N–C) groups is 1. The number of esters is 3. The molecular weight excluding hydrogens is 1210 g/mol. The van der Waals surface area contributed by atoms with Crippen LogP contribution in [-0.2, 0) is 52.4 Å². The first-order valence-electron chi connectivity index (χ1n) is 35.3. The molecule has 0 fully saturated rings. The quantitative estimate of drug-likeness (QED) is 0.00975. The Labute approximate surface area is 565 Å². The number of alkyl carbamates (subject to hydrolysis) is 2. The minimum absolute atomic E-state index is 0.0315. The zero-order valence-electron chi connectivity index (χ0n) is 59.9. The van der Waals surface area contributed by atoms with Gasteiger partial charge in [0, 0.05) is 44.4 Å². The molecule has 2 atom stereocenters. The third-order valence-electron chi connectivity index (χ3n) is 13.8. The van der Waals surface area contributed by atoms with Crippen molar-refractivity contribution in [1.29, 1.82) is 0 Å². The first-order chi connectivity index (χ1) is 43.7. The van der Waals surface area contributed by atoms with Gasteiger partial charge in [0.1, 0.15) is 35.9 Å². The molecule has 0 aliphatic carbocycles. The first-order valence-corrected chi connectivity index (χ1v) is 38.0. The summed E-state index contributed by atoms with van der Waals surface area (Å²) in [5.74, 6) is -0.614. The minimum atomic E-state index is -0.878. The Morgan fingerprint density at radius 2 is 0.891 bits per heavy atom. The van der Waals surface area contributed by atoms with E-state index in [1.807, 2.05) is 13.2 Å². The van der Waals surface area contributed by atoms with E-state index in [2.05, 4.69) is 59.1 Å². The number of rotatable bonds is 52. The molecule has 0 aromatic carbocycles. The van der Waals surface area contributed by atoms with Crippen molar-refractivity contribution in [3.8, 4) is 0 Å². The van der Waals surface area contributed by atoms with Crippen molar-refractivity contribution >= 4 is 75.3 Å². The second-order valence-corrected chi connectivity index (χ2v) is 29.3. The van der Waals surface area contributed by atoms with E-state index >= 15 is 0 Å². The number of allylic oxidation sites excluding steroid dienone is 4. The Bertz CT molecular complexity index is 2050. The maximum Gasteiger partial charge on any atom is 0.435 e. The van der Waals surface area contributed by atoms with E-state index in [-0.39, 0.29) is 68.4 Å². The van der Waals surface area contributed by atoms with Gasteiger partial charge in [-0.05, 0) is 158 Å². The fourth-order valence-electron chi connectivity index (χ4n) is 9.06. The van der Waals surface area contributed by atoms with Gasteiger partial charge in [0.25, 0.3) is 0 Å². The van der Waals surface area contributed by atoms with Gasteiger partial charge >= 0.3 is 36.2 Å². The molecule has 0 rings (SSSR count). The summed E-state index contributed by atoms with van der Waals surface area (Å²) in [5, 5.41) is 7.96. The average molecular weight is 1340 g/mol. The van der Waals surface area contributed by atoms with Gasteiger partial charge in [0.2, 0.25) is 5.91 Å². The van der Waals surface area contributed by atoms with Gasteiger partial charge in [0.15, 0.2) is 11.9 Å². The molecule has 0 aromatic heterocycles. The zero-order chi connectivity index (χ0) is 69.2. The highest BCUT2D eigenvalue weighted by Gasteiger charge is 2.26. The molecule has 0 bridgehead atoms. The highest BCUT2D eigenvalue weighted by molar-refractivity contribution is 8.76. The molecule has 18 nitrogen and oxygen atoms in total. The maximum atomic E-state index is 12.8. The van der Waals surface area contributed by atoms with Gasteiger partial charge in [0.05, 0.1) is 12.5 Å². The van der Waals surface area contributed by atoms with Crippen LogP contribution in [0.5, 0.6) is 0 Å². The van der Waals surface area contributed by atoms with Crippen molar-refractivity contribution in [2.45, 2.75) is 350 Å². The van der Waals surface area contributed by atoms with Crippen LogP contribution in [0, 0.1) is 0 Å². The number of nitrogens with one attached hydrogen (secondary N) is 3. The van der Waals surface area contributed by atoms with E-state index in [0.29, 0.717) is 45.1 Å². The van der Waals surface area contributed by atoms with Crippen LogP contribution in [0.3, 0.4) is 0 Å². The molecule has 0 saturated carbocycles. The number of nitrogens with zero attached hydrogens (tertiary/aromatic N) is 1. The fourth-order valence-corrected chi connectivity index (χ4v) is 10.3. The van der Waals surface area contributed by atoms with Crippen LogP contribution in [-0.4, -0.2) is 114 Å². The number of hydrogen-bond acceptors (Lipinski definition) is 16. The van der Waals surface area contributed by atoms with Crippen molar-refractivity contribution in [3.63, 3.8) is 0 Å². The highest BCUT2D eigenvalue weighted by Crippen LogP contribution is 2.20. The molecule has 0 saturated heterocycles. The van der Waals surface area contributed by atoms with E-state index < -0.39 is 53.2 Å². The number of hydrogen-bond donors (Lipinski definition) is 3. The normalized spacial score (nSPS) is 12.6. The monoisotopic (exact) mass is 1340 g/mol. The minimum Gasteiger partial charge on any atom is -0.462 e. The molecule has 0 aliphatic heterocycles. The van der Waals surface area contributed by atoms with Crippen molar-refractivity contribution in [1.82, 2.24) is 16.0 Å². The van der Waals surface area contributed by atoms with Crippen LogP contribution in [0.2, 0.25) is 0 Å². The third kappa shape index (κ3) is 65.5.